The summed E-state index contributed by atoms with van der Waals surface area (Å²) >= 11 is 0. The van der Waals surface area contributed by atoms with E-state index in [0.717, 1.165) is 28.8 Å². The number of hydrogen-bond donors (Lipinski definition) is 1. The van der Waals surface area contributed by atoms with Crippen molar-refractivity contribution in [2.75, 3.05) is 10.6 Å². The number of nitrogens with two attached hydrogens (primary N) is 1. The third kappa shape index (κ3) is 3.43. The number of halogens is 3. The zero-order valence-electron chi connectivity index (χ0n) is 16.6. The van der Waals surface area contributed by atoms with Crippen LogP contribution < -0.4 is 10.6 Å². The summed E-state index contributed by atoms with van der Waals surface area (Å²) < 4.78 is 40.0. The Labute approximate surface area is 181 Å². The topological polar surface area (TPSA) is 71.6 Å². The second-order valence-corrected chi connectivity index (χ2v) is 7.66. The van der Waals surface area contributed by atoms with Gasteiger partial charge in [0.05, 0.1) is 17.3 Å². The summed E-state index contributed by atoms with van der Waals surface area (Å²) in [4.78, 5) is 22.9. The molecule has 0 fully saturated rings. The Balaban J connectivity index is 1.63. The van der Waals surface area contributed by atoms with Gasteiger partial charge in [0.2, 0.25) is 0 Å². The largest absolute Gasteiger partial charge is 0.416 e. The first-order chi connectivity index (χ1) is 15.3. The van der Waals surface area contributed by atoms with E-state index in [0.29, 0.717) is 11.5 Å². The predicted molar refractivity (Wildman–Crippen MR) is 117 cm³/mol. The van der Waals surface area contributed by atoms with Crippen LogP contribution in [0.25, 0.3) is 11.1 Å². The number of nitrogens with zero attached hydrogens (tertiary/aromatic N) is 3. The Morgan fingerprint density at radius 3 is 2.56 bits per heavy atom. The fourth-order valence-electron chi connectivity index (χ4n) is 4.12. The number of aromatic nitrogens is 1. The number of aliphatic imine (C=N–C) groups is 1. The number of amides is 1. The van der Waals surface area contributed by atoms with Crippen molar-refractivity contribution < 1.29 is 18.0 Å². The van der Waals surface area contributed by atoms with Crippen molar-refractivity contribution in [1.82, 2.24) is 4.98 Å². The molecule has 2 atom stereocenters. The lowest BCUT2D eigenvalue weighted by atomic mass is 9.84. The van der Waals surface area contributed by atoms with E-state index < -0.39 is 17.8 Å². The Morgan fingerprint density at radius 2 is 1.81 bits per heavy atom. The average Bonchev–Trinajstić information content (AvgIpc) is 2.78. The molecule has 2 aliphatic heterocycles. The average molecular weight is 434 g/mol. The van der Waals surface area contributed by atoms with Crippen molar-refractivity contribution in [3.05, 3.63) is 84.1 Å². The van der Waals surface area contributed by atoms with Crippen molar-refractivity contribution in [3.8, 4) is 11.1 Å². The molecule has 3 aromatic rings. The van der Waals surface area contributed by atoms with Crippen LogP contribution in [0.4, 0.5) is 30.4 Å². The molecule has 0 spiro atoms. The van der Waals surface area contributed by atoms with Crippen LogP contribution in [0.1, 0.15) is 17.2 Å². The molecule has 0 aliphatic carbocycles. The highest BCUT2D eigenvalue weighted by Crippen LogP contribution is 2.45. The second-order valence-electron chi connectivity index (χ2n) is 7.66. The van der Waals surface area contributed by atoms with E-state index in [1.54, 1.807) is 24.6 Å². The van der Waals surface area contributed by atoms with E-state index in [-0.39, 0.29) is 17.5 Å². The van der Waals surface area contributed by atoms with Gasteiger partial charge in [-0.1, -0.05) is 18.2 Å². The summed E-state index contributed by atoms with van der Waals surface area (Å²) in [6, 6.07) is 13.5. The minimum atomic E-state index is -4.51. The zero-order valence-corrected chi connectivity index (χ0v) is 16.6. The van der Waals surface area contributed by atoms with Gasteiger partial charge in [0.1, 0.15) is 5.82 Å². The molecule has 2 aliphatic rings. The molecule has 3 heterocycles. The van der Waals surface area contributed by atoms with Gasteiger partial charge in [-0.05, 0) is 48.0 Å². The standard InChI is InChI=1S/C24H17F3N4O/c25-24(26,27)17-2-1-3-18(11-17)31-22(32)9-6-16-13-29-20-7-4-14(10-19(20)23(16)31)15-5-8-21(28)30-12-15/h1-13,16,23H,(H2,28,30). The lowest BCUT2D eigenvalue weighted by Gasteiger charge is -2.39. The highest BCUT2D eigenvalue weighted by molar-refractivity contribution is 6.05. The molecular formula is C24H17F3N4O. The normalized spacial score (nSPS) is 19.6. The monoisotopic (exact) mass is 434 g/mol. The highest BCUT2D eigenvalue weighted by atomic mass is 19.4. The molecule has 2 N–H and O–H groups in total. The smallest absolute Gasteiger partial charge is 0.384 e. The second kappa shape index (κ2) is 7.33. The first-order valence-corrected chi connectivity index (χ1v) is 9.90. The summed E-state index contributed by atoms with van der Waals surface area (Å²) in [6.07, 6.45) is 1.98. The van der Waals surface area contributed by atoms with Crippen molar-refractivity contribution in [3.63, 3.8) is 0 Å². The molecule has 2 aromatic carbocycles. The molecule has 0 radical (unpaired) electrons. The number of carbonyl (C=O) groups excluding carboxylic acids is 1. The number of fused-ring (bicyclic) bond motifs is 3. The van der Waals surface area contributed by atoms with E-state index in [1.165, 1.54) is 23.1 Å². The lowest BCUT2D eigenvalue weighted by Crippen LogP contribution is -2.42. The van der Waals surface area contributed by atoms with Gasteiger partial charge in [-0.2, -0.15) is 13.2 Å². The first-order valence-electron chi connectivity index (χ1n) is 9.90. The maximum absolute atomic E-state index is 13.3. The summed E-state index contributed by atoms with van der Waals surface area (Å²) in [5.74, 6) is -0.254. The molecule has 0 saturated carbocycles. The van der Waals surface area contributed by atoms with Crippen molar-refractivity contribution in [2.24, 2.45) is 10.9 Å². The van der Waals surface area contributed by atoms with Crippen molar-refractivity contribution >= 4 is 29.3 Å². The molecule has 160 valence electrons. The van der Waals surface area contributed by atoms with Gasteiger partial charge in [-0.15, -0.1) is 0 Å². The Bertz CT molecular complexity index is 1260. The minimum Gasteiger partial charge on any atom is -0.384 e. The fourth-order valence-corrected chi connectivity index (χ4v) is 4.12. The maximum Gasteiger partial charge on any atom is 0.416 e. The van der Waals surface area contributed by atoms with E-state index in [4.69, 9.17) is 5.73 Å². The number of pyridine rings is 1. The van der Waals surface area contributed by atoms with E-state index in [2.05, 4.69) is 9.98 Å². The van der Waals surface area contributed by atoms with Crippen molar-refractivity contribution in [2.45, 2.75) is 12.2 Å². The van der Waals surface area contributed by atoms with Gasteiger partial charge < -0.3 is 10.6 Å². The molecule has 0 bridgehead atoms. The molecule has 0 saturated heterocycles. The SMILES string of the molecule is Nc1ccc(-c2ccc3c(c2)C2C(C=CC(=O)N2c2cccc(C(F)(F)F)c2)C=N3)cn1. The van der Waals surface area contributed by atoms with Crippen LogP contribution in [0.2, 0.25) is 0 Å². The number of carbonyl (C=O) groups is 1. The van der Waals surface area contributed by atoms with Gasteiger partial charge in [0.15, 0.2) is 0 Å². The quantitative estimate of drug-likeness (QED) is 0.593. The fraction of sp³-hybridized carbons (Fsp3) is 0.125. The first kappa shape index (κ1) is 20.0. The third-order valence-electron chi connectivity index (χ3n) is 5.64. The number of hydrogen-bond acceptors (Lipinski definition) is 4. The number of nitrogen functional groups attached to an aromatic ring is 1. The van der Waals surface area contributed by atoms with Gasteiger partial charge in [-0.3, -0.25) is 9.79 Å². The maximum atomic E-state index is 13.3. The van der Waals surface area contributed by atoms with Crippen LogP contribution in [0.5, 0.6) is 0 Å². The molecule has 5 nitrogen and oxygen atoms in total. The Morgan fingerprint density at radius 1 is 1.00 bits per heavy atom. The van der Waals surface area contributed by atoms with Crippen LogP contribution in [0.3, 0.4) is 0 Å². The molecular weight excluding hydrogens is 417 g/mol. The Kier molecular flexibility index (Phi) is 4.58. The van der Waals surface area contributed by atoms with E-state index >= 15 is 0 Å². The summed E-state index contributed by atoms with van der Waals surface area (Å²) in [5.41, 5.74) is 8.15. The van der Waals surface area contributed by atoms with Crippen LogP contribution in [-0.2, 0) is 11.0 Å². The molecule has 32 heavy (non-hydrogen) atoms. The predicted octanol–water partition coefficient (Wildman–Crippen LogP) is 5.33. The van der Waals surface area contributed by atoms with Crippen LogP contribution in [0.15, 0.2) is 77.9 Å². The summed E-state index contributed by atoms with van der Waals surface area (Å²) in [6.45, 7) is 0. The van der Waals surface area contributed by atoms with Gasteiger partial charge in [0.25, 0.3) is 5.91 Å². The molecule has 2 unspecified atom stereocenters. The zero-order chi connectivity index (χ0) is 22.5. The molecule has 1 amide bonds. The van der Waals surface area contributed by atoms with E-state index in [1.807, 2.05) is 24.3 Å². The molecule has 5 rings (SSSR count). The van der Waals surface area contributed by atoms with Crippen LogP contribution in [-0.4, -0.2) is 17.1 Å². The van der Waals surface area contributed by atoms with Crippen molar-refractivity contribution in [1.29, 1.82) is 0 Å². The van der Waals surface area contributed by atoms with Crippen LogP contribution in [0, 0.1) is 5.92 Å². The number of anilines is 2. The molecule has 8 heteroatoms. The molecule has 1 aromatic heterocycles. The number of benzene rings is 2. The number of alkyl halides is 3. The highest BCUT2D eigenvalue weighted by Gasteiger charge is 2.38. The van der Waals surface area contributed by atoms with Gasteiger partial charge in [-0.25, -0.2) is 4.98 Å². The lowest BCUT2D eigenvalue weighted by molar-refractivity contribution is -0.137. The summed E-state index contributed by atoms with van der Waals surface area (Å²) in [5, 5.41) is 0. The third-order valence-corrected chi connectivity index (χ3v) is 5.64. The van der Waals surface area contributed by atoms with Gasteiger partial charge in [0, 0.05) is 41.2 Å². The van der Waals surface area contributed by atoms with Gasteiger partial charge >= 0.3 is 6.18 Å². The number of rotatable bonds is 2. The minimum absolute atomic E-state index is 0.185. The Hall–Kier alpha value is -3.94. The van der Waals surface area contributed by atoms with Crippen LogP contribution >= 0.6 is 0 Å². The van der Waals surface area contributed by atoms with E-state index in [9.17, 15) is 18.0 Å². The summed E-state index contributed by atoms with van der Waals surface area (Å²) in [7, 11) is 0.